The molecule has 0 N–H and O–H groups in total. The SMILES string of the molecule is [C]1=C\C/C=C\C/C=C\CCC/1. The highest BCUT2D eigenvalue weighted by molar-refractivity contribution is 4.96. The predicted molar refractivity (Wildman–Crippen MR) is 49.2 cm³/mol. The zero-order valence-electron chi connectivity index (χ0n) is 6.92. The van der Waals surface area contributed by atoms with Gasteiger partial charge < -0.3 is 0 Å². The first-order chi connectivity index (χ1) is 5.50. The Kier molecular flexibility index (Phi) is 4.51. The van der Waals surface area contributed by atoms with E-state index < -0.39 is 0 Å². The number of hydrogen-bond acceptors (Lipinski definition) is 0. The smallest absolute Gasteiger partial charge is 0.0163 e. The summed E-state index contributed by atoms with van der Waals surface area (Å²) < 4.78 is 0. The van der Waals surface area contributed by atoms with Crippen LogP contribution in [0, 0.1) is 6.08 Å². The van der Waals surface area contributed by atoms with Gasteiger partial charge in [0.2, 0.25) is 0 Å². The van der Waals surface area contributed by atoms with Crippen LogP contribution >= 0.6 is 0 Å². The van der Waals surface area contributed by atoms with Crippen LogP contribution in [0.3, 0.4) is 0 Å². The van der Waals surface area contributed by atoms with Gasteiger partial charge in [-0.25, -0.2) is 0 Å². The Morgan fingerprint density at radius 3 is 2.73 bits per heavy atom. The Bertz CT molecular complexity index is 143. The van der Waals surface area contributed by atoms with Gasteiger partial charge in [-0.15, -0.1) is 0 Å². The molecule has 1 radical (unpaired) electrons. The quantitative estimate of drug-likeness (QED) is 0.460. The maximum Gasteiger partial charge on any atom is -0.0163 e. The van der Waals surface area contributed by atoms with E-state index in [1.165, 1.54) is 12.8 Å². The largest absolute Gasteiger partial charge is 0.0882 e. The van der Waals surface area contributed by atoms with Crippen molar-refractivity contribution in [2.75, 3.05) is 0 Å². The van der Waals surface area contributed by atoms with Crippen LogP contribution < -0.4 is 0 Å². The van der Waals surface area contributed by atoms with E-state index in [-0.39, 0.29) is 0 Å². The maximum atomic E-state index is 3.27. The Labute approximate surface area is 69.3 Å². The van der Waals surface area contributed by atoms with Crippen molar-refractivity contribution in [1.82, 2.24) is 0 Å². The van der Waals surface area contributed by atoms with E-state index in [1.807, 2.05) is 0 Å². The van der Waals surface area contributed by atoms with Crippen LogP contribution in [-0.2, 0) is 0 Å². The summed E-state index contributed by atoms with van der Waals surface area (Å²) in [6.07, 6.45) is 20.0. The van der Waals surface area contributed by atoms with Crippen molar-refractivity contribution in [3.05, 3.63) is 36.5 Å². The Balaban J connectivity index is 2.34. The molecule has 0 heterocycles. The average molecular weight is 147 g/mol. The van der Waals surface area contributed by atoms with Crippen molar-refractivity contribution in [3.63, 3.8) is 0 Å². The summed E-state index contributed by atoms with van der Waals surface area (Å²) in [5.74, 6) is 0. The summed E-state index contributed by atoms with van der Waals surface area (Å²) >= 11 is 0. The minimum atomic E-state index is 1.05. The molecule has 0 unspecified atom stereocenters. The van der Waals surface area contributed by atoms with E-state index in [0.29, 0.717) is 0 Å². The highest BCUT2D eigenvalue weighted by atomic mass is 13.9. The lowest BCUT2D eigenvalue weighted by Gasteiger charge is -1.87. The van der Waals surface area contributed by atoms with Gasteiger partial charge in [0.1, 0.15) is 0 Å². The first-order valence-corrected chi connectivity index (χ1v) is 4.35. The van der Waals surface area contributed by atoms with Crippen LogP contribution in [0.1, 0.15) is 32.1 Å². The van der Waals surface area contributed by atoms with Crippen LogP contribution in [0.25, 0.3) is 0 Å². The van der Waals surface area contributed by atoms with Crippen LogP contribution in [-0.4, -0.2) is 0 Å². The molecule has 0 fully saturated rings. The molecule has 0 aromatic heterocycles. The molecule has 1 aliphatic carbocycles. The lowest BCUT2D eigenvalue weighted by molar-refractivity contribution is 0.851. The number of hydrogen-bond donors (Lipinski definition) is 0. The van der Waals surface area contributed by atoms with Gasteiger partial charge in [0.15, 0.2) is 0 Å². The molecule has 0 heteroatoms. The zero-order valence-corrected chi connectivity index (χ0v) is 6.92. The van der Waals surface area contributed by atoms with E-state index in [2.05, 4.69) is 36.5 Å². The molecule has 11 heavy (non-hydrogen) atoms. The molecule has 1 aliphatic rings. The van der Waals surface area contributed by atoms with E-state index in [0.717, 1.165) is 19.3 Å². The third kappa shape index (κ3) is 4.60. The summed E-state index contributed by atoms with van der Waals surface area (Å²) in [6, 6.07) is 0. The van der Waals surface area contributed by atoms with Crippen molar-refractivity contribution >= 4 is 0 Å². The second kappa shape index (κ2) is 5.96. The fourth-order valence-corrected chi connectivity index (χ4v) is 1.06. The first-order valence-electron chi connectivity index (χ1n) is 4.35. The normalized spacial score (nSPS) is 28.4. The summed E-state index contributed by atoms with van der Waals surface area (Å²) in [5.41, 5.74) is 0. The molecule has 0 aliphatic heterocycles. The van der Waals surface area contributed by atoms with Crippen molar-refractivity contribution < 1.29 is 0 Å². The molecule has 0 saturated carbocycles. The Hall–Kier alpha value is -0.780. The second-order valence-electron chi connectivity index (χ2n) is 2.71. The minimum absolute atomic E-state index is 1.05. The first kappa shape index (κ1) is 8.32. The fraction of sp³-hybridized carbons (Fsp3) is 0.455. The highest BCUT2D eigenvalue weighted by Gasteiger charge is 1.82. The standard InChI is InChI=1S/C11H15/c1-2-4-6-8-10-11-9-7-5-3-1/h1-2,5-7H,3-4,9-11H2/b2-1-,7-5-,8-6?. The topological polar surface area (TPSA) is 0 Å². The lowest BCUT2D eigenvalue weighted by Crippen LogP contribution is -1.68. The van der Waals surface area contributed by atoms with Gasteiger partial charge in [0, 0.05) is 0 Å². The van der Waals surface area contributed by atoms with Crippen molar-refractivity contribution in [2.45, 2.75) is 32.1 Å². The molecule has 0 nitrogen and oxygen atoms in total. The van der Waals surface area contributed by atoms with Crippen molar-refractivity contribution in [1.29, 1.82) is 0 Å². The molecule has 0 spiro atoms. The van der Waals surface area contributed by atoms with Crippen molar-refractivity contribution in [2.24, 2.45) is 0 Å². The van der Waals surface area contributed by atoms with E-state index in [1.54, 1.807) is 0 Å². The number of rotatable bonds is 0. The van der Waals surface area contributed by atoms with Crippen molar-refractivity contribution in [3.8, 4) is 0 Å². The maximum absolute atomic E-state index is 3.27. The van der Waals surface area contributed by atoms with Crippen LogP contribution in [0.4, 0.5) is 0 Å². The third-order valence-corrected chi connectivity index (χ3v) is 1.70. The van der Waals surface area contributed by atoms with Crippen LogP contribution in [0.15, 0.2) is 30.4 Å². The summed E-state index contributed by atoms with van der Waals surface area (Å²) in [5, 5.41) is 0. The van der Waals surface area contributed by atoms with Gasteiger partial charge in [-0.05, 0) is 38.2 Å². The second-order valence-corrected chi connectivity index (χ2v) is 2.71. The predicted octanol–water partition coefficient (Wildman–Crippen LogP) is 3.42. The molecule has 0 atom stereocenters. The van der Waals surface area contributed by atoms with E-state index >= 15 is 0 Å². The minimum Gasteiger partial charge on any atom is -0.0882 e. The third-order valence-electron chi connectivity index (χ3n) is 1.70. The molecular weight excluding hydrogens is 132 g/mol. The Morgan fingerprint density at radius 1 is 0.909 bits per heavy atom. The Morgan fingerprint density at radius 2 is 1.73 bits per heavy atom. The summed E-state index contributed by atoms with van der Waals surface area (Å²) in [7, 11) is 0. The molecule has 0 amide bonds. The number of allylic oxidation sites excluding steroid dienone is 6. The molecule has 0 aromatic rings. The zero-order chi connectivity index (χ0) is 7.78. The molecule has 0 aromatic carbocycles. The molecule has 0 saturated heterocycles. The molecule has 0 bridgehead atoms. The lowest BCUT2D eigenvalue weighted by atomic mass is 10.2. The van der Waals surface area contributed by atoms with Gasteiger partial charge in [0.25, 0.3) is 0 Å². The average Bonchev–Trinajstić information content (AvgIpc) is 2.08. The van der Waals surface area contributed by atoms with Crippen LogP contribution in [0.5, 0.6) is 0 Å². The van der Waals surface area contributed by atoms with Crippen LogP contribution in [0.2, 0.25) is 0 Å². The van der Waals surface area contributed by atoms with Gasteiger partial charge in [-0.3, -0.25) is 0 Å². The van der Waals surface area contributed by atoms with E-state index in [4.69, 9.17) is 0 Å². The molecule has 59 valence electrons. The summed E-state index contributed by atoms with van der Waals surface area (Å²) in [6.45, 7) is 0. The summed E-state index contributed by atoms with van der Waals surface area (Å²) in [4.78, 5) is 0. The monoisotopic (exact) mass is 147 g/mol. The van der Waals surface area contributed by atoms with Gasteiger partial charge >= 0.3 is 0 Å². The molecule has 1 rings (SSSR count). The molecular formula is C11H15. The van der Waals surface area contributed by atoms with Gasteiger partial charge in [-0.1, -0.05) is 30.4 Å². The van der Waals surface area contributed by atoms with Gasteiger partial charge in [-0.2, -0.15) is 0 Å². The van der Waals surface area contributed by atoms with E-state index in [9.17, 15) is 0 Å². The van der Waals surface area contributed by atoms with Gasteiger partial charge in [0.05, 0.1) is 0 Å². The highest BCUT2D eigenvalue weighted by Crippen LogP contribution is 2.01. The fourth-order valence-electron chi connectivity index (χ4n) is 1.06.